The second-order valence-electron chi connectivity index (χ2n) is 9.09. The van der Waals surface area contributed by atoms with Crippen LogP contribution in [-0.2, 0) is 25.7 Å². The van der Waals surface area contributed by atoms with E-state index in [1.54, 1.807) is 0 Å². The van der Waals surface area contributed by atoms with E-state index in [2.05, 4.69) is 5.32 Å². The van der Waals surface area contributed by atoms with E-state index < -0.39 is 35.0 Å². The third kappa shape index (κ3) is 2.45. The molecule has 6 rings (SSSR count). The SMILES string of the molecule is O=C1NC2(CC[C@H]3C[C@H]32)N2C(=O)C(=O)C3C(=O)N(Cc4ccc(F)c(Cl)c4)CCC3=C12. The van der Waals surface area contributed by atoms with Gasteiger partial charge in [0.2, 0.25) is 11.7 Å². The molecule has 3 heterocycles. The van der Waals surface area contributed by atoms with Crippen LogP contribution in [0.15, 0.2) is 29.5 Å². The molecule has 4 fully saturated rings. The number of halogens is 2. The number of carbonyl (C=O) groups excluding carboxylic acids is 4. The second kappa shape index (κ2) is 6.16. The van der Waals surface area contributed by atoms with Crippen LogP contribution in [0.2, 0.25) is 5.02 Å². The van der Waals surface area contributed by atoms with Crippen molar-refractivity contribution in [3.8, 4) is 0 Å². The van der Waals surface area contributed by atoms with Crippen LogP contribution >= 0.6 is 11.6 Å². The Morgan fingerprint density at radius 1 is 1.23 bits per heavy atom. The summed E-state index contributed by atoms with van der Waals surface area (Å²) in [6, 6.07) is 4.19. The summed E-state index contributed by atoms with van der Waals surface area (Å²) in [5, 5.41) is 2.96. The summed E-state index contributed by atoms with van der Waals surface area (Å²) in [6.07, 6.45) is 2.83. The number of Topliss-reactive ketones (excluding diaryl/α,β-unsaturated/α-hetero) is 1. The number of fused-ring (bicyclic) bond motifs is 5. The number of ketones is 1. The Labute approximate surface area is 182 Å². The summed E-state index contributed by atoms with van der Waals surface area (Å²) in [6.45, 7) is 0.438. The Morgan fingerprint density at radius 2 is 2.03 bits per heavy atom. The van der Waals surface area contributed by atoms with Gasteiger partial charge in [-0.1, -0.05) is 17.7 Å². The molecule has 1 aromatic carbocycles. The molecule has 9 heteroatoms. The normalized spacial score (nSPS) is 33.7. The van der Waals surface area contributed by atoms with Crippen LogP contribution in [0.5, 0.6) is 0 Å². The lowest BCUT2D eigenvalue weighted by atomic mass is 9.81. The monoisotopic (exact) mass is 443 g/mol. The van der Waals surface area contributed by atoms with E-state index in [0.717, 1.165) is 12.8 Å². The van der Waals surface area contributed by atoms with Crippen molar-refractivity contribution in [3.05, 3.63) is 45.9 Å². The molecule has 1 aromatic rings. The number of nitrogens with one attached hydrogen (secondary N) is 1. The van der Waals surface area contributed by atoms with Gasteiger partial charge < -0.3 is 10.2 Å². The number of nitrogens with zero attached hydrogens (tertiary/aromatic N) is 2. The molecule has 31 heavy (non-hydrogen) atoms. The molecule has 160 valence electrons. The van der Waals surface area contributed by atoms with Crippen LogP contribution in [0.1, 0.15) is 31.2 Å². The summed E-state index contributed by atoms with van der Waals surface area (Å²) >= 11 is 5.84. The van der Waals surface area contributed by atoms with Gasteiger partial charge in [0.25, 0.3) is 11.8 Å². The number of rotatable bonds is 2. The maximum absolute atomic E-state index is 13.4. The van der Waals surface area contributed by atoms with Crippen molar-refractivity contribution in [2.75, 3.05) is 6.54 Å². The van der Waals surface area contributed by atoms with Crippen molar-refractivity contribution < 1.29 is 23.6 Å². The predicted molar refractivity (Wildman–Crippen MR) is 106 cm³/mol. The fraction of sp³-hybridized carbons (Fsp3) is 0.455. The molecule has 7 nitrogen and oxygen atoms in total. The number of likely N-dealkylation sites (tertiary alicyclic amines) is 1. The van der Waals surface area contributed by atoms with Gasteiger partial charge >= 0.3 is 0 Å². The van der Waals surface area contributed by atoms with E-state index in [9.17, 15) is 23.6 Å². The van der Waals surface area contributed by atoms with E-state index >= 15 is 0 Å². The minimum absolute atomic E-state index is 0.0489. The minimum atomic E-state index is -1.26. The molecule has 1 N–H and O–H groups in total. The Hall–Kier alpha value is -2.74. The van der Waals surface area contributed by atoms with Crippen molar-refractivity contribution in [2.24, 2.45) is 17.8 Å². The first kappa shape index (κ1) is 19.0. The third-order valence-electron chi connectivity index (χ3n) is 7.50. The number of amides is 3. The summed E-state index contributed by atoms with van der Waals surface area (Å²) in [7, 11) is 0. The molecular formula is C22H19ClFN3O4. The zero-order valence-electron chi connectivity index (χ0n) is 16.5. The van der Waals surface area contributed by atoms with Crippen LogP contribution in [0, 0.1) is 23.6 Å². The number of benzene rings is 1. The molecule has 2 aliphatic carbocycles. The largest absolute Gasteiger partial charge is 0.337 e. The molecule has 2 saturated heterocycles. The van der Waals surface area contributed by atoms with E-state index in [1.807, 2.05) is 0 Å². The first-order chi connectivity index (χ1) is 14.8. The highest BCUT2D eigenvalue weighted by Crippen LogP contribution is 2.61. The van der Waals surface area contributed by atoms with Crippen LogP contribution < -0.4 is 5.32 Å². The highest BCUT2D eigenvalue weighted by Gasteiger charge is 2.69. The topological polar surface area (TPSA) is 86.8 Å². The molecule has 2 saturated carbocycles. The zero-order chi connectivity index (χ0) is 21.7. The van der Waals surface area contributed by atoms with E-state index in [0.29, 0.717) is 36.4 Å². The minimum Gasteiger partial charge on any atom is -0.337 e. The maximum atomic E-state index is 13.4. The first-order valence-corrected chi connectivity index (χ1v) is 10.9. The summed E-state index contributed by atoms with van der Waals surface area (Å²) < 4.78 is 13.4. The number of hydrogen-bond acceptors (Lipinski definition) is 4. The number of hydrogen-bond donors (Lipinski definition) is 1. The van der Waals surface area contributed by atoms with E-state index in [4.69, 9.17) is 11.6 Å². The molecule has 0 bridgehead atoms. The lowest BCUT2D eigenvalue weighted by molar-refractivity contribution is -0.155. The average molecular weight is 444 g/mol. The summed E-state index contributed by atoms with van der Waals surface area (Å²) in [4.78, 5) is 55.3. The summed E-state index contributed by atoms with van der Waals surface area (Å²) in [5.41, 5.74) is 0.476. The van der Waals surface area contributed by atoms with Gasteiger partial charge in [0.1, 0.15) is 23.1 Å². The van der Waals surface area contributed by atoms with Crippen molar-refractivity contribution in [2.45, 2.75) is 37.9 Å². The Morgan fingerprint density at radius 3 is 2.71 bits per heavy atom. The fourth-order valence-corrected chi connectivity index (χ4v) is 6.18. The quantitative estimate of drug-likeness (QED) is 0.557. The molecule has 0 aromatic heterocycles. The third-order valence-corrected chi connectivity index (χ3v) is 7.79. The average Bonchev–Trinajstić information content (AvgIpc) is 3.37. The van der Waals surface area contributed by atoms with Crippen LogP contribution in [-0.4, -0.2) is 45.5 Å². The van der Waals surface area contributed by atoms with Gasteiger partial charge in [-0.25, -0.2) is 4.39 Å². The van der Waals surface area contributed by atoms with Gasteiger partial charge in [-0.05, 0) is 54.9 Å². The molecule has 1 spiro atoms. The Kier molecular flexibility index (Phi) is 3.77. The van der Waals surface area contributed by atoms with Crippen LogP contribution in [0.25, 0.3) is 0 Å². The van der Waals surface area contributed by atoms with Gasteiger partial charge in [0.05, 0.1) is 5.02 Å². The van der Waals surface area contributed by atoms with E-state index in [-0.39, 0.29) is 29.1 Å². The lowest BCUT2D eigenvalue weighted by Crippen LogP contribution is -2.60. The number of carbonyl (C=O) groups is 4. The molecule has 3 amide bonds. The lowest BCUT2D eigenvalue weighted by Gasteiger charge is -2.42. The number of piperidine rings is 1. The van der Waals surface area contributed by atoms with Crippen molar-refractivity contribution in [1.82, 2.24) is 15.1 Å². The van der Waals surface area contributed by atoms with Crippen molar-refractivity contribution >= 4 is 35.1 Å². The van der Waals surface area contributed by atoms with Crippen LogP contribution in [0.4, 0.5) is 4.39 Å². The fourth-order valence-electron chi connectivity index (χ4n) is 5.98. The van der Waals surface area contributed by atoms with Crippen LogP contribution in [0.3, 0.4) is 0 Å². The van der Waals surface area contributed by atoms with Gasteiger partial charge in [-0.3, -0.25) is 24.1 Å². The summed E-state index contributed by atoms with van der Waals surface area (Å²) in [5.74, 6) is -3.56. The maximum Gasteiger partial charge on any atom is 0.297 e. The second-order valence-corrected chi connectivity index (χ2v) is 9.50. The van der Waals surface area contributed by atoms with Gasteiger partial charge in [0.15, 0.2) is 0 Å². The first-order valence-electron chi connectivity index (χ1n) is 10.5. The van der Waals surface area contributed by atoms with E-state index in [1.165, 1.54) is 28.0 Å². The molecule has 4 atom stereocenters. The van der Waals surface area contributed by atoms with Crippen molar-refractivity contribution in [1.29, 1.82) is 0 Å². The predicted octanol–water partition coefficient (Wildman–Crippen LogP) is 1.75. The van der Waals surface area contributed by atoms with Gasteiger partial charge in [-0.15, -0.1) is 0 Å². The molecular weight excluding hydrogens is 425 g/mol. The standard InChI is InChI=1S/C22H19ClFN3O4/c23-14-7-10(1-2-15(14)24)9-26-6-4-12-16(20(26)30)18(28)21(31)27-17(12)19(29)25-22(27)5-3-11-8-13(11)22/h1-2,7,11,13,16H,3-6,8-9H2,(H,25,29)/t11-,13+,16?,22?/m0/s1. The highest BCUT2D eigenvalue weighted by molar-refractivity contribution is 6.44. The Balaban J connectivity index is 1.35. The van der Waals surface area contributed by atoms with Crippen molar-refractivity contribution in [3.63, 3.8) is 0 Å². The molecule has 0 radical (unpaired) electrons. The molecule has 2 unspecified atom stereocenters. The van der Waals surface area contributed by atoms with Gasteiger partial charge in [0, 0.05) is 19.0 Å². The Bertz CT molecular complexity index is 1130. The zero-order valence-corrected chi connectivity index (χ0v) is 17.2. The molecule has 5 aliphatic rings. The highest BCUT2D eigenvalue weighted by atomic mass is 35.5. The smallest absolute Gasteiger partial charge is 0.297 e. The molecule has 3 aliphatic heterocycles. The van der Waals surface area contributed by atoms with Gasteiger partial charge in [-0.2, -0.15) is 0 Å².